The Hall–Kier alpha value is -1.97. The molecule has 0 unspecified atom stereocenters. The van der Waals surface area contributed by atoms with E-state index in [1.807, 2.05) is 11.5 Å². The highest BCUT2D eigenvalue weighted by molar-refractivity contribution is 7.99. The maximum absolute atomic E-state index is 12.6. The molecule has 0 saturated carbocycles. The lowest BCUT2D eigenvalue weighted by molar-refractivity contribution is -0.113. The van der Waals surface area contributed by atoms with Crippen molar-refractivity contribution in [3.05, 3.63) is 67.9 Å². The molecule has 3 rings (SSSR count). The highest BCUT2D eigenvalue weighted by Crippen LogP contribution is 2.30. The number of anilines is 1. The van der Waals surface area contributed by atoms with Crippen molar-refractivity contribution in [2.45, 2.75) is 31.6 Å². The van der Waals surface area contributed by atoms with Gasteiger partial charge in [0.2, 0.25) is 5.91 Å². The number of aromatic nitrogens is 3. The molecule has 2 amide bonds. The molecule has 2 N–H and O–H groups in total. The van der Waals surface area contributed by atoms with E-state index in [4.69, 9.17) is 46.4 Å². The van der Waals surface area contributed by atoms with Crippen LogP contribution in [-0.4, -0.2) is 32.3 Å². The number of carbonyl (C=O) groups is 2. The molecule has 1 aromatic heterocycles. The van der Waals surface area contributed by atoms with Gasteiger partial charge in [0.15, 0.2) is 11.0 Å². The summed E-state index contributed by atoms with van der Waals surface area (Å²) in [5.74, 6) is 0.0630. The third kappa shape index (κ3) is 6.33. The van der Waals surface area contributed by atoms with Crippen LogP contribution in [0.4, 0.5) is 5.69 Å². The summed E-state index contributed by atoms with van der Waals surface area (Å²) >= 11 is 25.2. The highest BCUT2D eigenvalue weighted by atomic mass is 35.5. The first-order valence-corrected chi connectivity index (χ1v) is 12.3. The van der Waals surface area contributed by atoms with Crippen LogP contribution in [0.1, 0.15) is 36.1 Å². The first-order valence-electron chi connectivity index (χ1n) is 9.77. The minimum atomic E-state index is -0.437. The molecule has 0 aliphatic rings. The number of halogens is 4. The SMILES string of the molecule is CCn1c(SCC(=O)Nc2cccc(Cl)c2Cl)nnc1[C@@H](C)NC(=O)c1ccc(Cl)c(Cl)c1. The van der Waals surface area contributed by atoms with Crippen molar-refractivity contribution in [1.29, 1.82) is 0 Å². The molecule has 0 aliphatic carbocycles. The van der Waals surface area contributed by atoms with Gasteiger partial charge in [-0.25, -0.2) is 0 Å². The summed E-state index contributed by atoms with van der Waals surface area (Å²) in [7, 11) is 0. The zero-order chi connectivity index (χ0) is 24.1. The maximum atomic E-state index is 12.6. The fourth-order valence-electron chi connectivity index (χ4n) is 2.92. The summed E-state index contributed by atoms with van der Waals surface area (Å²) in [6.07, 6.45) is 0. The van der Waals surface area contributed by atoms with E-state index in [-0.39, 0.29) is 22.6 Å². The predicted octanol–water partition coefficient (Wildman–Crippen LogP) is 6.13. The number of nitrogens with one attached hydrogen (secondary N) is 2. The summed E-state index contributed by atoms with van der Waals surface area (Å²) < 4.78 is 1.84. The molecule has 7 nitrogen and oxygen atoms in total. The summed E-state index contributed by atoms with van der Waals surface area (Å²) in [4.78, 5) is 25.0. The minimum absolute atomic E-state index is 0.0883. The molecule has 12 heteroatoms. The van der Waals surface area contributed by atoms with Gasteiger partial charge in [0.1, 0.15) is 0 Å². The van der Waals surface area contributed by atoms with E-state index in [2.05, 4.69) is 20.8 Å². The van der Waals surface area contributed by atoms with E-state index in [1.165, 1.54) is 17.8 Å². The molecular formula is C21H19Cl4N5O2S. The normalized spacial score (nSPS) is 11.8. The van der Waals surface area contributed by atoms with Crippen molar-refractivity contribution in [3.63, 3.8) is 0 Å². The average Bonchev–Trinajstić information content (AvgIpc) is 3.20. The van der Waals surface area contributed by atoms with Crippen molar-refractivity contribution in [2.75, 3.05) is 11.1 Å². The van der Waals surface area contributed by atoms with Crippen molar-refractivity contribution in [3.8, 4) is 0 Å². The number of nitrogens with zero attached hydrogens (tertiary/aromatic N) is 3. The van der Waals surface area contributed by atoms with Crippen molar-refractivity contribution >= 4 is 75.7 Å². The molecular weight excluding hydrogens is 528 g/mol. The monoisotopic (exact) mass is 545 g/mol. The largest absolute Gasteiger partial charge is 0.342 e. The highest BCUT2D eigenvalue weighted by Gasteiger charge is 2.21. The molecule has 1 atom stereocenters. The number of amides is 2. The Balaban J connectivity index is 1.65. The number of hydrogen-bond donors (Lipinski definition) is 2. The lowest BCUT2D eigenvalue weighted by Crippen LogP contribution is -2.28. The van der Waals surface area contributed by atoms with Gasteiger partial charge in [0.25, 0.3) is 5.91 Å². The van der Waals surface area contributed by atoms with Crippen LogP contribution in [-0.2, 0) is 11.3 Å². The van der Waals surface area contributed by atoms with Crippen LogP contribution in [0, 0.1) is 0 Å². The number of benzene rings is 2. The van der Waals surface area contributed by atoms with E-state index in [9.17, 15) is 9.59 Å². The quantitative estimate of drug-likeness (QED) is 0.331. The zero-order valence-electron chi connectivity index (χ0n) is 17.5. The lowest BCUT2D eigenvalue weighted by atomic mass is 10.2. The van der Waals surface area contributed by atoms with Gasteiger partial charge in [-0.05, 0) is 44.2 Å². The molecule has 174 valence electrons. The molecule has 0 bridgehead atoms. The molecule has 3 aromatic rings. The second-order valence-corrected chi connectivity index (χ2v) is 9.39. The summed E-state index contributed by atoms with van der Waals surface area (Å²) in [5, 5.41) is 15.9. The van der Waals surface area contributed by atoms with Crippen LogP contribution in [0.15, 0.2) is 41.6 Å². The van der Waals surface area contributed by atoms with Crippen LogP contribution < -0.4 is 10.6 Å². The Morgan fingerprint density at radius 1 is 1.06 bits per heavy atom. The predicted molar refractivity (Wildman–Crippen MR) is 134 cm³/mol. The maximum Gasteiger partial charge on any atom is 0.251 e. The van der Waals surface area contributed by atoms with E-state index >= 15 is 0 Å². The van der Waals surface area contributed by atoms with Crippen LogP contribution in [0.25, 0.3) is 0 Å². The van der Waals surface area contributed by atoms with Gasteiger partial charge in [-0.2, -0.15) is 0 Å². The van der Waals surface area contributed by atoms with Crippen molar-refractivity contribution < 1.29 is 9.59 Å². The Morgan fingerprint density at radius 2 is 1.82 bits per heavy atom. The zero-order valence-corrected chi connectivity index (χ0v) is 21.4. The van der Waals surface area contributed by atoms with Gasteiger partial charge in [0.05, 0.1) is 37.6 Å². The van der Waals surface area contributed by atoms with E-state index in [0.717, 1.165) is 0 Å². The molecule has 2 aromatic carbocycles. The molecule has 0 spiro atoms. The number of rotatable bonds is 8. The third-order valence-electron chi connectivity index (χ3n) is 4.54. The fraction of sp³-hybridized carbons (Fsp3) is 0.238. The summed E-state index contributed by atoms with van der Waals surface area (Å²) in [6, 6.07) is 9.23. The fourth-order valence-corrected chi connectivity index (χ4v) is 4.38. The Labute approximate surface area is 215 Å². The van der Waals surface area contributed by atoms with Gasteiger partial charge in [-0.15, -0.1) is 10.2 Å². The lowest BCUT2D eigenvalue weighted by Gasteiger charge is -2.15. The smallest absolute Gasteiger partial charge is 0.251 e. The van der Waals surface area contributed by atoms with Gasteiger partial charge >= 0.3 is 0 Å². The third-order valence-corrected chi connectivity index (χ3v) is 7.06. The standard InChI is InChI=1S/C21H19Cl4N5O2S/c1-3-30-19(11(2)26-20(32)12-7-8-13(22)15(24)9-12)28-29-21(30)33-10-17(31)27-16-6-4-5-14(23)18(16)25/h4-9,11H,3,10H2,1-2H3,(H,26,32)(H,27,31)/t11-/m1/s1. The molecule has 0 fully saturated rings. The molecule has 0 aliphatic heterocycles. The molecule has 0 radical (unpaired) electrons. The molecule has 33 heavy (non-hydrogen) atoms. The van der Waals surface area contributed by atoms with E-state index in [1.54, 1.807) is 37.3 Å². The first-order chi connectivity index (χ1) is 15.7. The number of hydrogen-bond acceptors (Lipinski definition) is 5. The second kappa shape index (κ2) is 11.4. The summed E-state index contributed by atoms with van der Waals surface area (Å²) in [6.45, 7) is 4.28. The Bertz CT molecular complexity index is 1190. The first kappa shape index (κ1) is 25.6. The molecule has 1 heterocycles. The number of carbonyl (C=O) groups excluding carboxylic acids is 2. The van der Waals surface area contributed by atoms with Crippen LogP contribution in [0.3, 0.4) is 0 Å². The van der Waals surface area contributed by atoms with Crippen LogP contribution >= 0.6 is 58.2 Å². The van der Waals surface area contributed by atoms with Gasteiger partial charge in [-0.3, -0.25) is 9.59 Å². The number of thioether (sulfide) groups is 1. The minimum Gasteiger partial charge on any atom is -0.342 e. The van der Waals surface area contributed by atoms with Crippen LogP contribution in [0.5, 0.6) is 0 Å². The van der Waals surface area contributed by atoms with Gasteiger partial charge in [0, 0.05) is 12.1 Å². The molecule has 0 saturated heterocycles. The van der Waals surface area contributed by atoms with E-state index in [0.29, 0.717) is 43.8 Å². The van der Waals surface area contributed by atoms with E-state index < -0.39 is 6.04 Å². The second-order valence-electron chi connectivity index (χ2n) is 6.85. The van der Waals surface area contributed by atoms with Gasteiger partial charge < -0.3 is 15.2 Å². The van der Waals surface area contributed by atoms with Gasteiger partial charge in [-0.1, -0.05) is 64.2 Å². The summed E-state index contributed by atoms with van der Waals surface area (Å²) in [5.41, 5.74) is 0.816. The topological polar surface area (TPSA) is 88.9 Å². The van der Waals surface area contributed by atoms with Crippen LogP contribution in [0.2, 0.25) is 20.1 Å². The van der Waals surface area contributed by atoms with Crippen molar-refractivity contribution in [2.24, 2.45) is 0 Å². The average molecular weight is 547 g/mol. The Kier molecular flexibility index (Phi) is 8.89. The Morgan fingerprint density at radius 3 is 2.52 bits per heavy atom. The van der Waals surface area contributed by atoms with Crippen molar-refractivity contribution in [1.82, 2.24) is 20.1 Å².